The Morgan fingerprint density at radius 1 is 1.41 bits per heavy atom. The molecule has 0 aliphatic rings. The minimum atomic E-state index is -3.66. The molecule has 94 valence electrons. The van der Waals surface area contributed by atoms with Gasteiger partial charge >= 0.3 is 0 Å². The van der Waals surface area contributed by atoms with Crippen molar-refractivity contribution in [2.45, 2.75) is 31.2 Å². The molecular weight excluding hydrogens is 238 g/mol. The van der Waals surface area contributed by atoms with E-state index in [1.165, 1.54) is 6.07 Å². The van der Waals surface area contributed by atoms with Crippen molar-refractivity contribution < 1.29 is 8.42 Å². The van der Waals surface area contributed by atoms with Crippen molar-refractivity contribution in [2.24, 2.45) is 5.73 Å². The molecule has 0 saturated heterocycles. The lowest BCUT2D eigenvalue weighted by Crippen LogP contribution is -2.52. The van der Waals surface area contributed by atoms with Crippen LogP contribution in [0.1, 0.15) is 19.4 Å². The Morgan fingerprint density at radius 2 is 2.00 bits per heavy atom. The van der Waals surface area contributed by atoms with E-state index in [2.05, 4.69) is 4.72 Å². The Hall–Kier alpha value is -1.40. The zero-order valence-corrected chi connectivity index (χ0v) is 10.9. The van der Waals surface area contributed by atoms with Crippen LogP contribution in [0.25, 0.3) is 0 Å². The fraction of sp³-hybridized carbons (Fsp3) is 0.364. The summed E-state index contributed by atoms with van der Waals surface area (Å²) >= 11 is 0. The summed E-state index contributed by atoms with van der Waals surface area (Å²) < 4.78 is 26.5. The van der Waals surface area contributed by atoms with Crippen molar-refractivity contribution >= 4 is 15.9 Å². The van der Waals surface area contributed by atoms with Crippen molar-refractivity contribution in [3.05, 3.63) is 29.8 Å². The summed E-state index contributed by atoms with van der Waals surface area (Å²) in [4.78, 5) is 0.173. The third-order valence-corrected chi connectivity index (χ3v) is 4.02. The molecule has 6 heteroatoms. The summed E-state index contributed by atoms with van der Waals surface area (Å²) in [5.74, 6) is -0.228. The van der Waals surface area contributed by atoms with Crippen LogP contribution in [0.2, 0.25) is 0 Å². The van der Waals surface area contributed by atoms with E-state index in [1.807, 2.05) is 13.0 Å². The third-order valence-electron chi connectivity index (χ3n) is 2.36. The van der Waals surface area contributed by atoms with Gasteiger partial charge in [0.15, 0.2) is 0 Å². The van der Waals surface area contributed by atoms with Gasteiger partial charge in [-0.1, -0.05) is 12.1 Å². The van der Waals surface area contributed by atoms with Gasteiger partial charge in [-0.05, 0) is 38.5 Å². The van der Waals surface area contributed by atoms with Crippen LogP contribution in [-0.2, 0) is 10.0 Å². The number of nitrogens with two attached hydrogens (primary N) is 1. The van der Waals surface area contributed by atoms with E-state index in [-0.39, 0.29) is 10.7 Å². The first-order chi connectivity index (χ1) is 7.65. The lowest BCUT2D eigenvalue weighted by Gasteiger charge is -2.24. The smallest absolute Gasteiger partial charge is 0.241 e. The zero-order chi connectivity index (χ0) is 13.3. The molecule has 0 aromatic heterocycles. The summed E-state index contributed by atoms with van der Waals surface area (Å²) in [6.07, 6.45) is 0. The van der Waals surface area contributed by atoms with Crippen LogP contribution in [-0.4, -0.2) is 19.8 Å². The maximum atomic E-state index is 12.0. The van der Waals surface area contributed by atoms with Gasteiger partial charge in [0.2, 0.25) is 10.0 Å². The average Bonchev–Trinajstić information content (AvgIpc) is 2.15. The summed E-state index contributed by atoms with van der Waals surface area (Å²) in [5.41, 5.74) is 5.10. The second-order valence-electron chi connectivity index (χ2n) is 4.46. The van der Waals surface area contributed by atoms with Gasteiger partial charge in [-0.25, -0.2) is 8.42 Å². The molecule has 0 aliphatic heterocycles. The molecule has 0 radical (unpaired) electrons. The van der Waals surface area contributed by atoms with Crippen LogP contribution in [0, 0.1) is 12.3 Å². The zero-order valence-electron chi connectivity index (χ0n) is 10.1. The molecule has 0 spiro atoms. The highest BCUT2D eigenvalue weighted by molar-refractivity contribution is 7.89. The molecule has 0 heterocycles. The maximum Gasteiger partial charge on any atom is 0.241 e. The Morgan fingerprint density at radius 3 is 2.47 bits per heavy atom. The quantitative estimate of drug-likeness (QED) is 0.553. The van der Waals surface area contributed by atoms with Gasteiger partial charge in [0, 0.05) is 0 Å². The topological polar surface area (TPSA) is 96.0 Å². The summed E-state index contributed by atoms with van der Waals surface area (Å²) in [7, 11) is -3.66. The molecule has 1 rings (SSSR count). The highest BCUT2D eigenvalue weighted by Crippen LogP contribution is 2.14. The van der Waals surface area contributed by atoms with Crippen molar-refractivity contribution in [1.29, 1.82) is 5.41 Å². The molecule has 0 fully saturated rings. The highest BCUT2D eigenvalue weighted by atomic mass is 32.2. The van der Waals surface area contributed by atoms with E-state index in [0.717, 1.165) is 5.56 Å². The SMILES string of the molecule is Cc1cccc(S(=O)(=O)NC(C)(C)C(=N)N)c1. The predicted octanol–water partition coefficient (Wildman–Crippen LogP) is 0.988. The van der Waals surface area contributed by atoms with E-state index in [1.54, 1.807) is 26.0 Å². The first-order valence-corrected chi connectivity index (χ1v) is 6.58. The molecule has 1 aromatic carbocycles. The molecule has 0 aliphatic carbocycles. The van der Waals surface area contributed by atoms with E-state index in [0.29, 0.717) is 0 Å². The highest BCUT2D eigenvalue weighted by Gasteiger charge is 2.28. The average molecular weight is 255 g/mol. The second kappa shape index (κ2) is 4.46. The number of sulfonamides is 1. The summed E-state index contributed by atoms with van der Waals surface area (Å²) in [6.45, 7) is 4.90. The fourth-order valence-electron chi connectivity index (χ4n) is 1.23. The van der Waals surface area contributed by atoms with Crippen molar-refractivity contribution in [3.63, 3.8) is 0 Å². The number of benzene rings is 1. The van der Waals surface area contributed by atoms with E-state index < -0.39 is 15.6 Å². The molecule has 0 atom stereocenters. The molecule has 0 unspecified atom stereocenters. The van der Waals surface area contributed by atoms with E-state index in [4.69, 9.17) is 11.1 Å². The van der Waals surface area contributed by atoms with Gasteiger partial charge in [0.05, 0.1) is 10.4 Å². The van der Waals surface area contributed by atoms with Crippen LogP contribution in [0.3, 0.4) is 0 Å². The van der Waals surface area contributed by atoms with Gasteiger partial charge in [-0.2, -0.15) is 4.72 Å². The Balaban J connectivity index is 3.10. The Labute approximate surface area is 102 Å². The minimum Gasteiger partial charge on any atom is -0.386 e. The Bertz CT molecular complexity index is 535. The summed E-state index contributed by atoms with van der Waals surface area (Å²) in [5, 5.41) is 7.33. The monoisotopic (exact) mass is 255 g/mol. The van der Waals surface area contributed by atoms with Crippen LogP contribution in [0.4, 0.5) is 0 Å². The predicted molar refractivity (Wildman–Crippen MR) is 67.5 cm³/mol. The van der Waals surface area contributed by atoms with Crippen molar-refractivity contribution in [3.8, 4) is 0 Å². The number of rotatable bonds is 4. The molecule has 4 N–H and O–H groups in total. The van der Waals surface area contributed by atoms with Crippen molar-refractivity contribution in [1.82, 2.24) is 4.72 Å². The number of hydrogen-bond donors (Lipinski definition) is 3. The number of aryl methyl sites for hydroxylation is 1. The van der Waals surface area contributed by atoms with Gasteiger partial charge in [-0.15, -0.1) is 0 Å². The molecule has 0 amide bonds. The first-order valence-electron chi connectivity index (χ1n) is 5.10. The van der Waals surface area contributed by atoms with Crippen LogP contribution < -0.4 is 10.5 Å². The number of hydrogen-bond acceptors (Lipinski definition) is 3. The molecule has 5 nitrogen and oxygen atoms in total. The third kappa shape index (κ3) is 3.28. The van der Waals surface area contributed by atoms with Gasteiger partial charge < -0.3 is 5.73 Å². The van der Waals surface area contributed by atoms with Crippen LogP contribution in [0.15, 0.2) is 29.2 Å². The van der Waals surface area contributed by atoms with Crippen LogP contribution in [0.5, 0.6) is 0 Å². The standard InChI is InChI=1S/C11H17N3O2S/c1-8-5-4-6-9(7-8)17(15,16)14-11(2,3)10(12)13/h4-7,14H,1-3H3,(H3,12,13). The number of amidine groups is 1. The van der Waals surface area contributed by atoms with Gasteiger partial charge in [0.25, 0.3) is 0 Å². The van der Waals surface area contributed by atoms with Crippen LogP contribution >= 0.6 is 0 Å². The molecule has 17 heavy (non-hydrogen) atoms. The Kier molecular flexibility index (Phi) is 3.59. The largest absolute Gasteiger partial charge is 0.386 e. The molecule has 1 aromatic rings. The van der Waals surface area contributed by atoms with Crippen molar-refractivity contribution in [2.75, 3.05) is 0 Å². The lowest BCUT2D eigenvalue weighted by atomic mass is 10.1. The fourth-order valence-corrected chi connectivity index (χ4v) is 2.73. The van der Waals surface area contributed by atoms with E-state index in [9.17, 15) is 8.42 Å². The second-order valence-corrected chi connectivity index (χ2v) is 6.14. The molecular formula is C11H17N3O2S. The first kappa shape index (κ1) is 13.7. The normalized spacial score (nSPS) is 12.4. The van der Waals surface area contributed by atoms with E-state index >= 15 is 0 Å². The lowest BCUT2D eigenvalue weighted by molar-refractivity contribution is 0.542. The maximum absolute atomic E-state index is 12.0. The minimum absolute atomic E-state index is 0.173. The molecule has 0 saturated carbocycles. The number of nitrogens with one attached hydrogen (secondary N) is 2. The summed E-state index contributed by atoms with van der Waals surface area (Å²) in [6, 6.07) is 6.56. The van der Waals surface area contributed by atoms with Gasteiger partial charge in [0.1, 0.15) is 5.84 Å². The molecule has 0 bridgehead atoms. The van der Waals surface area contributed by atoms with Gasteiger partial charge in [-0.3, -0.25) is 5.41 Å².